The molecule has 0 heterocycles. The Kier molecular flexibility index (Phi) is 9.40. The molecule has 1 unspecified atom stereocenters. The summed E-state index contributed by atoms with van der Waals surface area (Å²) < 4.78 is 69.9. The molecule has 3 N–H and O–H groups in total. The summed E-state index contributed by atoms with van der Waals surface area (Å²) in [6.45, 7) is -1.21. The van der Waals surface area contributed by atoms with Crippen LogP contribution in [0.3, 0.4) is 0 Å². The van der Waals surface area contributed by atoms with Crippen LogP contribution in [-0.2, 0) is 11.2 Å². The molecule has 33 heavy (non-hydrogen) atoms. The van der Waals surface area contributed by atoms with Crippen LogP contribution < -0.4 is 20.1 Å². The first-order valence-corrected chi connectivity index (χ1v) is 9.62. The lowest BCUT2D eigenvalue weighted by atomic mass is 10.0. The van der Waals surface area contributed by atoms with Crippen molar-refractivity contribution in [1.82, 2.24) is 10.6 Å². The fraction of sp³-hybridized carbons (Fsp3) is 0.333. The summed E-state index contributed by atoms with van der Waals surface area (Å²) in [6.07, 6.45) is -7.56. The van der Waals surface area contributed by atoms with Gasteiger partial charge in [-0.25, -0.2) is 8.78 Å². The second-order valence-corrected chi connectivity index (χ2v) is 6.66. The normalized spacial score (nSPS) is 12.2. The van der Waals surface area contributed by atoms with Crippen LogP contribution in [0.5, 0.6) is 11.5 Å². The van der Waals surface area contributed by atoms with E-state index in [4.69, 9.17) is 9.84 Å². The third-order valence-corrected chi connectivity index (χ3v) is 4.12. The molecule has 2 rings (SSSR count). The Morgan fingerprint density at radius 2 is 1.58 bits per heavy atom. The van der Waals surface area contributed by atoms with E-state index in [-0.39, 0.29) is 30.9 Å². The lowest BCUT2D eigenvalue weighted by Gasteiger charge is -2.19. The van der Waals surface area contributed by atoms with E-state index in [1.54, 1.807) is 0 Å². The number of ether oxygens (including phenoxy) is 2. The zero-order chi connectivity index (χ0) is 24.4. The van der Waals surface area contributed by atoms with Crippen LogP contribution >= 0.6 is 0 Å². The number of halogens is 5. The first-order valence-electron chi connectivity index (χ1n) is 9.62. The molecule has 2 aromatic rings. The topological polar surface area (TPSA) is 96.9 Å². The number of amides is 2. The van der Waals surface area contributed by atoms with E-state index in [0.717, 1.165) is 12.1 Å². The summed E-state index contributed by atoms with van der Waals surface area (Å²) in [7, 11) is 0. The van der Waals surface area contributed by atoms with Gasteiger partial charge >= 0.3 is 6.36 Å². The highest BCUT2D eigenvalue weighted by molar-refractivity contribution is 5.97. The Morgan fingerprint density at radius 1 is 0.970 bits per heavy atom. The van der Waals surface area contributed by atoms with Gasteiger partial charge in [-0.1, -0.05) is 12.1 Å². The summed E-state index contributed by atoms with van der Waals surface area (Å²) in [6, 6.07) is 8.94. The molecular weight excluding hydrogens is 455 g/mol. The molecule has 2 aromatic carbocycles. The van der Waals surface area contributed by atoms with Crippen molar-refractivity contribution >= 4 is 11.8 Å². The minimum absolute atomic E-state index is 0.0646. The Balaban J connectivity index is 2.08. The maximum Gasteiger partial charge on any atom is 0.573 e. The van der Waals surface area contributed by atoms with E-state index in [1.807, 2.05) is 0 Å². The summed E-state index contributed by atoms with van der Waals surface area (Å²) in [5.41, 5.74) is 0.554. The summed E-state index contributed by atoms with van der Waals surface area (Å²) >= 11 is 0. The Morgan fingerprint density at radius 3 is 2.12 bits per heavy atom. The average Bonchev–Trinajstić information content (AvgIpc) is 2.76. The summed E-state index contributed by atoms with van der Waals surface area (Å²) in [5.74, 6) is -1.59. The van der Waals surface area contributed by atoms with Gasteiger partial charge in [0.15, 0.2) is 0 Å². The van der Waals surface area contributed by atoms with Crippen molar-refractivity contribution < 1.29 is 46.1 Å². The fourth-order valence-corrected chi connectivity index (χ4v) is 2.68. The predicted molar refractivity (Wildman–Crippen MR) is 106 cm³/mol. The maximum absolute atomic E-state index is 12.6. The second kappa shape index (κ2) is 12.0. The van der Waals surface area contributed by atoms with E-state index >= 15 is 0 Å². The zero-order valence-electron chi connectivity index (χ0n) is 17.1. The minimum atomic E-state index is -4.84. The van der Waals surface area contributed by atoms with Crippen molar-refractivity contribution in [3.05, 3.63) is 59.7 Å². The van der Waals surface area contributed by atoms with Crippen LogP contribution in [0, 0.1) is 0 Å². The van der Waals surface area contributed by atoms with Crippen molar-refractivity contribution in [3.63, 3.8) is 0 Å². The second-order valence-electron chi connectivity index (χ2n) is 6.66. The molecule has 0 radical (unpaired) electrons. The number of hydrogen-bond acceptors (Lipinski definition) is 5. The number of aliphatic hydroxyl groups is 1. The average molecular weight is 476 g/mol. The quantitative estimate of drug-likeness (QED) is 0.434. The maximum atomic E-state index is 12.6. The van der Waals surface area contributed by atoms with Gasteiger partial charge < -0.3 is 25.2 Å². The highest BCUT2D eigenvalue weighted by Crippen LogP contribution is 2.23. The molecule has 7 nitrogen and oxygen atoms in total. The number of alkyl halides is 5. The molecule has 0 saturated carbocycles. The number of aliphatic hydroxyl groups excluding tert-OH is 1. The van der Waals surface area contributed by atoms with Crippen molar-refractivity contribution in [1.29, 1.82) is 0 Å². The highest BCUT2D eigenvalue weighted by atomic mass is 19.4. The summed E-state index contributed by atoms with van der Waals surface area (Å²) in [4.78, 5) is 25.0. The third-order valence-electron chi connectivity index (χ3n) is 4.12. The Hall–Kier alpha value is -3.41. The van der Waals surface area contributed by atoms with E-state index < -0.39 is 43.0 Å². The van der Waals surface area contributed by atoms with Gasteiger partial charge in [-0.3, -0.25) is 9.59 Å². The van der Waals surface area contributed by atoms with Crippen molar-refractivity contribution in [2.24, 2.45) is 0 Å². The minimum Gasteiger partial charge on any atom is -0.488 e. The van der Waals surface area contributed by atoms with Gasteiger partial charge in [-0.05, 0) is 42.0 Å². The SMILES string of the molecule is O=C(NC(Cc1ccc(OC(F)(F)F)cc1)C(=O)NCCO)c1ccc(OCC(F)F)cc1. The number of benzene rings is 2. The fourth-order valence-electron chi connectivity index (χ4n) is 2.68. The molecule has 0 fully saturated rings. The van der Waals surface area contributed by atoms with Crippen LogP contribution in [-0.4, -0.2) is 55.5 Å². The van der Waals surface area contributed by atoms with Gasteiger partial charge in [0.25, 0.3) is 12.3 Å². The van der Waals surface area contributed by atoms with E-state index in [2.05, 4.69) is 15.4 Å². The molecule has 0 bridgehead atoms. The van der Waals surface area contributed by atoms with Crippen molar-refractivity contribution in [2.75, 3.05) is 19.8 Å². The molecule has 1 atom stereocenters. The number of nitrogens with one attached hydrogen (secondary N) is 2. The lowest BCUT2D eigenvalue weighted by molar-refractivity contribution is -0.274. The number of carbonyl (C=O) groups is 2. The molecular formula is C21H21F5N2O5. The monoisotopic (exact) mass is 476 g/mol. The molecule has 0 aliphatic carbocycles. The smallest absolute Gasteiger partial charge is 0.488 e. The molecule has 180 valence electrons. The molecule has 0 saturated heterocycles. The van der Waals surface area contributed by atoms with Crippen LogP contribution in [0.15, 0.2) is 48.5 Å². The van der Waals surface area contributed by atoms with Crippen LogP contribution in [0.1, 0.15) is 15.9 Å². The first-order chi connectivity index (χ1) is 15.6. The van der Waals surface area contributed by atoms with E-state index in [0.29, 0.717) is 5.56 Å². The van der Waals surface area contributed by atoms with Crippen LogP contribution in [0.25, 0.3) is 0 Å². The van der Waals surface area contributed by atoms with E-state index in [9.17, 15) is 31.5 Å². The first kappa shape index (κ1) is 25.8. The van der Waals surface area contributed by atoms with Crippen molar-refractivity contribution in [2.45, 2.75) is 25.3 Å². The predicted octanol–water partition coefficient (Wildman–Crippen LogP) is 2.68. The Labute approximate surface area is 185 Å². The number of carbonyl (C=O) groups excluding carboxylic acids is 2. The molecule has 12 heteroatoms. The van der Waals surface area contributed by atoms with Gasteiger partial charge in [0.1, 0.15) is 24.1 Å². The third kappa shape index (κ3) is 9.31. The number of hydrogen-bond donors (Lipinski definition) is 3. The molecule has 0 aliphatic rings. The van der Waals surface area contributed by atoms with Gasteiger partial charge in [0.2, 0.25) is 5.91 Å². The zero-order valence-corrected chi connectivity index (χ0v) is 17.1. The molecule has 0 spiro atoms. The standard InChI is InChI=1S/C21H21F5N2O5/c22-18(23)12-32-15-7-3-14(4-8-15)19(30)28-17(20(31)27-9-10-29)11-13-1-5-16(6-2-13)33-21(24,25)26/h1-8,17-18,29H,9-12H2,(H,27,31)(H,28,30). The molecule has 0 aromatic heterocycles. The van der Waals surface area contributed by atoms with Gasteiger partial charge in [-0.2, -0.15) is 0 Å². The van der Waals surface area contributed by atoms with Crippen molar-refractivity contribution in [3.8, 4) is 11.5 Å². The van der Waals surface area contributed by atoms with Gasteiger partial charge in [0.05, 0.1) is 6.61 Å². The summed E-state index contributed by atoms with van der Waals surface area (Å²) in [5, 5.41) is 13.8. The number of rotatable bonds is 11. The van der Waals surface area contributed by atoms with Gasteiger partial charge in [-0.15, -0.1) is 13.2 Å². The van der Waals surface area contributed by atoms with Gasteiger partial charge in [0, 0.05) is 18.5 Å². The molecule has 2 amide bonds. The Bertz CT molecular complexity index is 905. The largest absolute Gasteiger partial charge is 0.573 e. The van der Waals surface area contributed by atoms with Crippen LogP contribution in [0.4, 0.5) is 22.0 Å². The van der Waals surface area contributed by atoms with Crippen LogP contribution in [0.2, 0.25) is 0 Å². The molecule has 0 aliphatic heterocycles. The lowest BCUT2D eigenvalue weighted by Crippen LogP contribution is -2.48. The van der Waals surface area contributed by atoms with E-state index in [1.165, 1.54) is 36.4 Å². The highest BCUT2D eigenvalue weighted by Gasteiger charge is 2.31.